The minimum atomic E-state index is -0.447. The van der Waals surface area contributed by atoms with Crippen LogP contribution in [0, 0.1) is 17.3 Å². The average Bonchev–Trinajstić information content (AvgIpc) is 3.33. The van der Waals surface area contributed by atoms with Crippen molar-refractivity contribution in [2.45, 2.75) is 117 Å². The maximum absolute atomic E-state index is 14.0. The van der Waals surface area contributed by atoms with Crippen LogP contribution in [0.1, 0.15) is 107 Å². The molecule has 7 nitrogen and oxygen atoms in total. The summed E-state index contributed by atoms with van der Waals surface area (Å²) in [5.74, 6) is 0.945. The van der Waals surface area contributed by atoms with Gasteiger partial charge in [-0.3, -0.25) is 19.2 Å². The number of carbonyl (C=O) groups excluding carboxylic acids is 4. The highest BCUT2D eigenvalue weighted by atomic mass is 16.2. The second kappa shape index (κ2) is 11.7. The molecule has 5 rings (SSSR count). The van der Waals surface area contributed by atoms with E-state index in [1.807, 2.05) is 22.6 Å². The minimum absolute atomic E-state index is 0.00119. The largest absolute Gasteiger partial charge is 0.355 e. The van der Waals surface area contributed by atoms with Crippen molar-refractivity contribution in [2.75, 3.05) is 6.54 Å². The number of aromatic nitrogens is 1. The first-order valence-electron chi connectivity index (χ1n) is 15.8. The third kappa shape index (κ3) is 6.00. The topological polar surface area (TPSA) is 88.5 Å². The fraction of sp³-hybridized carbons (Fsp3) is 0.647. The van der Waals surface area contributed by atoms with Crippen LogP contribution >= 0.6 is 0 Å². The summed E-state index contributed by atoms with van der Waals surface area (Å²) in [6.45, 7) is 10.7. The average molecular weight is 562 g/mol. The van der Waals surface area contributed by atoms with E-state index in [0.717, 1.165) is 55.8 Å². The van der Waals surface area contributed by atoms with Crippen molar-refractivity contribution in [3.05, 3.63) is 35.0 Å². The van der Waals surface area contributed by atoms with Crippen LogP contribution in [0.3, 0.4) is 0 Å². The lowest BCUT2D eigenvalue weighted by Crippen LogP contribution is -2.44. The van der Waals surface area contributed by atoms with Gasteiger partial charge in [0.15, 0.2) is 11.6 Å². The van der Waals surface area contributed by atoms with Crippen LogP contribution in [0.15, 0.2) is 18.3 Å². The van der Waals surface area contributed by atoms with Gasteiger partial charge >= 0.3 is 0 Å². The number of hydrogen-bond acceptors (Lipinski definition) is 4. The SMILES string of the molecule is CCC(=O)[C@@H]1C[C@]23CNC(=O)C[C@@H](C)CCCCc4cc(CCC(C)C)cc5c(C(C)=O)cn(c45)CC(=O)N1[C@@H]2C3. The van der Waals surface area contributed by atoms with Gasteiger partial charge in [-0.25, -0.2) is 0 Å². The zero-order valence-electron chi connectivity index (χ0n) is 25.6. The van der Waals surface area contributed by atoms with E-state index in [-0.39, 0.29) is 41.4 Å². The predicted octanol–water partition coefficient (Wildman–Crippen LogP) is 5.64. The molecule has 1 aromatic carbocycles. The molecule has 1 saturated heterocycles. The van der Waals surface area contributed by atoms with Crippen molar-refractivity contribution >= 4 is 34.3 Å². The summed E-state index contributed by atoms with van der Waals surface area (Å²) in [5, 5.41) is 4.09. The second-order valence-corrected chi connectivity index (χ2v) is 13.6. The Kier molecular flexibility index (Phi) is 8.45. The van der Waals surface area contributed by atoms with Gasteiger partial charge in [0.05, 0.1) is 11.6 Å². The standard InChI is InChI=1S/C34H47N3O4/c1-6-29(39)28-16-34-17-30(34)37(28)32(41)19-36-18-27(23(5)38)26-15-24(12-11-21(2)3)14-25(33(26)36)10-8-7-9-22(4)13-31(40)35-20-34/h14-15,18,21-22,28,30H,6-13,16-17,19-20H2,1-5H3,(H,35,40)/t22-,28-,30+,34-/m0/s1. The van der Waals surface area contributed by atoms with E-state index in [9.17, 15) is 19.2 Å². The molecule has 1 saturated carbocycles. The van der Waals surface area contributed by atoms with E-state index in [4.69, 9.17) is 0 Å². The van der Waals surface area contributed by atoms with Gasteiger partial charge in [0, 0.05) is 48.0 Å². The third-order valence-corrected chi connectivity index (χ3v) is 9.80. The number of nitrogens with one attached hydrogen (secondary N) is 1. The molecule has 0 unspecified atom stereocenters. The van der Waals surface area contributed by atoms with Crippen molar-refractivity contribution in [2.24, 2.45) is 17.3 Å². The molecule has 1 aliphatic carbocycles. The number of ketones is 2. The highest BCUT2D eigenvalue weighted by molar-refractivity contribution is 6.08. The van der Waals surface area contributed by atoms with Crippen molar-refractivity contribution < 1.29 is 19.2 Å². The minimum Gasteiger partial charge on any atom is -0.355 e. The molecule has 2 fully saturated rings. The van der Waals surface area contributed by atoms with E-state index >= 15 is 0 Å². The molecule has 3 heterocycles. The summed E-state index contributed by atoms with van der Waals surface area (Å²) in [4.78, 5) is 54.5. The van der Waals surface area contributed by atoms with Crippen LogP contribution in [-0.4, -0.2) is 51.5 Å². The lowest BCUT2D eigenvalue weighted by Gasteiger charge is -2.27. The Morgan fingerprint density at radius 3 is 2.63 bits per heavy atom. The molecule has 1 aromatic heterocycles. The second-order valence-electron chi connectivity index (χ2n) is 13.6. The summed E-state index contributed by atoms with van der Waals surface area (Å²) >= 11 is 0. The summed E-state index contributed by atoms with van der Waals surface area (Å²) < 4.78 is 1.98. The molecule has 2 bridgehead atoms. The van der Waals surface area contributed by atoms with Gasteiger partial charge in [-0.2, -0.15) is 0 Å². The molecule has 0 spiro atoms. The smallest absolute Gasteiger partial charge is 0.243 e. The summed E-state index contributed by atoms with van der Waals surface area (Å²) in [6, 6.07) is 3.97. The summed E-state index contributed by atoms with van der Waals surface area (Å²) in [6.07, 6.45) is 10.0. The molecule has 7 heteroatoms. The first-order valence-corrected chi connectivity index (χ1v) is 15.8. The fourth-order valence-electron chi connectivity index (χ4n) is 7.35. The monoisotopic (exact) mass is 561 g/mol. The summed E-state index contributed by atoms with van der Waals surface area (Å²) in [7, 11) is 0. The van der Waals surface area contributed by atoms with Crippen LogP contribution in [0.2, 0.25) is 0 Å². The molecule has 2 amide bonds. The molecule has 3 aliphatic rings. The Morgan fingerprint density at radius 1 is 1.15 bits per heavy atom. The Balaban J connectivity index is 1.57. The quantitative estimate of drug-likeness (QED) is 0.463. The van der Waals surface area contributed by atoms with Crippen molar-refractivity contribution in [3.8, 4) is 0 Å². The lowest BCUT2D eigenvalue weighted by molar-refractivity contribution is -0.139. The van der Waals surface area contributed by atoms with Crippen LogP contribution in [0.25, 0.3) is 10.9 Å². The van der Waals surface area contributed by atoms with Gasteiger partial charge < -0.3 is 14.8 Å². The van der Waals surface area contributed by atoms with E-state index in [1.54, 1.807) is 6.92 Å². The van der Waals surface area contributed by atoms with Crippen LogP contribution in [0.4, 0.5) is 0 Å². The molecule has 222 valence electrons. The third-order valence-electron chi connectivity index (χ3n) is 9.80. The number of aryl methyl sites for hydroxylation is 2. The molecule has 2 aliphatic heterocycles. The molecule has 2 aromatic rings. The van der Waals surface area contributed by atoms with Crippen molar-refractivity contribution in [1.29, 1.82) is 0 Å². The van der Waals surface area contributed by atoms with E-state index in [2.05, 4.69) is 38.2 Å². The highest BCUT2D eigenvalue weighted by Crippen LogP contribution is 2.59. The Morgan fingerprint density at radius 2 is 1.93 bits per heavy atom. The number of carbonyl (C=O) groups is 4. The lowest BCUT2D eigenvalue weighted by atomic mass is 9.93. The van der Waals surface area contributed by atoms with Crippen molar-refractivity contribution in [1.82, 2.24) is 14.8 Å². The number of amides is 2. The van der Waals surface area contributed by atoms with Crippen LogP contribution < -0.4 is 5.32 Å². The van der Waals surface area contributed by atoms with Gasteiger partial charge in [-0.15, -0.1) is 0 Å². The van der Waals surface area contributed by atoms with Gasteiger partial charge in [0.25, 0.3) is 0 Å². The number of Topliss-reactive ketones (excluding diaryl/α,β-unsaturated/α-hetero) is 2. The van der Waals surface area contributed by atoms with E-state index < -0.39 is 6.04 Å². The Bertz CT molecular complexity index is 1360. The van der Waals surface area contributed by atoms with Gasteiger partial charge in [0.1, 0.15) is 6.54 Å². The predicted molar refractivity (Wildman–Crippen MR) is 161 cm³/mol. The van der Waals surface area contributed by atoms with Crippen LogP contribution in [0.5, 0.6) is 0 Å². The fourth-order valence-corrected chi connectivity index (χ4v) is 7.35. The number of nitrogens with zero attached hydrogens (tertiary/aromatic N) is 2. The molecular formula is C34H47N3O4. The molecule has 1 N–H and O–H groups in total. The molecular weight excluding hydrogens is 514 g/mol. The number of piperidine rings is 1. The van der Waals surface area contributed by atoms with Crippen LogP contribution in [-0.2, 0) is 33.8 Å². The zero-order chi connectivity index (χ0) is 29.5. The normalized spacial score (nSPS) is 27.1. The maximum atomic E-state index is 14.0. The van der Waals surface area contributed by atoms with Gasteiger partial charge in [-0.1, -0.05) is 46.6 Å². The summed E-state index contributed by atoms with van der Waals surface area (Å²) in [5.41, 5.74) is 3.84. The Labute approximate surface area is 244 Å². The maximum Gasteiger partial charge on any atom is 0.243 e. The van der Waals surface area contributed by atoms with E-state index in [1.165, 1.54) is 11.1 Å². The Hall–Kier alpha value is -2.96. The van der Waals surface area contributed by atoms with E-state index in [0.29, 0.717) is 43.2 Å². The molecule has 41 heavy (non-hydrogen) atoms. The van der Waals surface area contributed by atoms with Crippen molar-refractivity contribution in [3.63, 3.8) is 0 Å². The first-order chi connectivity index (χ1) is 19.5. The number of rotatable bonds is 6. The first kappa shape index (κ1) is 29.5. The number of hydrogen-bond donors (Lipinski definition) is 1. The highest BCUT2D eigenvalue weighted by Gasteiger charge is 2.66. The van der Waals surface area contributed by atoms with Gasteiger partial charge in [-0.05, 0) is 74.5 Å². The molecule has 4 atom stereocenters. The number of benzene rings is 1. The molecule has 0 radical (unpaired) electrons. The van der Waals surface area contributed by atoms with Gasteiger partial charge in [0.2, 0.25) is 11.8 Å². The zero-order valence-corrected chi connectivity index (χ0v) is 25.6.